The third kappa shape index (κ3) is 2.79. The monoisotopic (exact) mass is 266 g/mol. The summed E-state index contributed by atoms with van der Waals surface area (Å²) in [5, 5.41) is 6.25. The molecule has 0 unspecified atom stereocenters. The van der Waals surface area contributed by atoms with Gasteiger partial charge in [-0.05, 0) is 31.9 Å². The summed E-state index contributed by atoms with van der Waals surface area (Å²) in [6.45, 7) is 6.33. The van der Waals surface area contributed by atoms with Crippen molar-refractivity contribution < 1.29 is 0 Å². The van der Waals surface area contributed by atoms with E-state index < -0.39 is 0 Å². The van der Waals surface area contributed by atoms with Crippen LogP contribution in [0.15, 0.2) is 17.5 Å². The van der Waals surface area contributed by atoms with Crippen molar-refractivity contribution in [2.75, 3.05) is 5.32 Å². The van der Waals surface area contributed by atoms with Crippen LogP contribution in [0.25, 0.3) is 0 Å². The van der Waals surface area contributed by atoms with Gasteiger partial charge in [-0.3, -0.25) is 0 Å². The number of halogens is 1. The summed E-state index contributed by atoms with van der Waals surface area (Å²) in [5.41, 5.74) is 5.83. The molecule has 2 rings (SSSR count). The summed E-state index contributed by atoms with van der Waals surface area (Å²) in [6.07, 6.45) is 0. The van der Waals surface area contributed by atoms with Crippen molar-refractivity contribution in [3.63, 3.8) is 0 Å². The summed E-state index contributed by atoms with van der Waals surface area (Å²) in [7, 11) is 0. The Bertz CT molecular complexity index is 511. The fourth-order valence-electron chi connectivity index (χ4n) is 1.91. The molecular weight excluding hydrogens is 252 g/mol. The molecule has 0 aliphatic carbocycles. The predicted molar refractivity (Wildman–Crippen MR) is 75.6 cm³/mol. The maximum Gasteiger partial charge on any atom is 0.187 e. The minimum absolute atomic E-state index is 0.462. The zero-order valence-electron chi connectivity index (χ0n) is 10.2. The average Bonchev–Trinajstić information content (AvgIpc) is 2.71. The molecule has 1 aromatic heterocycles. The lowest BCUT2D eigenvalue weighted by Gasteiger charge is -2.11. The topological polar surface area (TPSA) is 24.9 Å². The summed E-state index contributed by atoms with van der Waals surface area (Å²) < 4.78 is 0. The molecule has 0 spiro atoms. The fourth-order valence-corrected chi connectivity index (χ4v) is 2.85. The first-order valence-electron chi connectivity index (χ1n) is 5.45. The van der Waals surface area contributed by atoms with Crippen LogP contribution in [0.4, 0.5) is 10.8 Å². The standard InChI is InChI=1S/C13H15ClN2S/c1-8-4-9(2)12(10(3)5-8)16-13-15-11(6-14)7-17-13/h4-5,7H,6H2,1-3H3,(H,15,16). The summed E-state index contributed by atoms with van der Waals surface area (Å²) in [4.78, 5) is 4.40. The molecule has 0 bridgehead atoms. The second-order valence-corrected chi connectivity index (χ2v) is 5.30. The van der Waals surface area contributed by atoms with E-state index in [1.165, 1.54) is 16.7 Å². The lowest BCUT2D eigenvalue weighted by atomic mass is 10.1. The van der Waals surface area contributed by atoms with Gasteiger partial charge in [0, 0.05) is 11.1 Å². The molecule has 1 N–H and O–H groups in total. The van der Waals surface area contributed by atoms with Gasteiger partial charge >= 0.3 is 0 Å². The molecule has 0 fully saturated rings. The molecule has 0 amide bonds. The van der Waals surface area contributed by atoms with Gasteiger partial charge in [0.05, 0.1) is 11.6 Å². The van der Waals surface area contributed by atoms with Gasteiger partial charge < -0.3 is 5.32 Å². The minimum Gasteiger partial charge on any atom is -0.331 e. The SMILES string of the molecule is Cc1cc(C)c(Nc2nc(CCl)cs2)c(C)c1. The van der Waals surface area contributed by atoms with Crippen LogP contribution in [0.3, 0.4) is 0 Å². The third-order valence-electron chi connectivity index (χ3n) is 2.60. The quantitative estimate of drug-likeness (QED) is 0.825. The number of aryl methyl sites for hydroxylation is 3. The molecular formula is C13H15ClN2S. The number of benzene rings is 1. The van der Waals surface area contributed by atoms with E-state index in [1.54, 1.807) is 11.3 Å². The van der Waals surface area contributed by atoms with Crippen LogP contribution >= 0.6 is 22.9 Å². The lowest BCUT2D eigenvalue weighted by Crippen LogP contribution is -1.96. The van der Waals surface area contributed by atoms with Crippen molar-refractivity contribution in [1.29, 1.82) is 0 Å². The van der Waals surface area contributed by atoms with Crippen LogP contribution in [0.1, 0.15) is 22.4 Å². The normalized spacial score (nSPS) is 10.6. The number of alkyl halides is 1. The molecule has 2 aromatic rings. The molecule has 4 heteroatoms. The Labute approximate surface area is 111 Å². The van der Waals surface area contributed by atoms with E-state index in [0.717, 1.165) is 16.5 Å². The number of hydrogen-bond donors (Lipinski definition) is 1. The van der Waals surface area contributed by atoms with Crippen molar-refractivity contribution in [2.24, 2.45) is 0 Å². The third-order valence-corrected chi connectivity index (χ3v) is 3.68. The highest BCUT2D eigenvalue weighted by molar-refractivity contribution is 7.13. The molecule has 0 aliphatic heterocycles. The Hall–Kier alpha value is -1.06. The van der Waals surface area contributed by atoms with Crippen LogP contribution < -0.4 is 5.32 Å². The Morgan fingerprint density at radius 2 is 1.88 bits per heavy atom. The van der Waals surface area contributed by atoms with E-state index in [2.05, 4.69) is 43.2 Å². The van der Waals surface area contributed by atoms with E-state index in [4.69, 9.17) is 11.6 Å². The molecule has 0 saturated carbocycles. The second kappa shape index (κ2) is 5.07. The summed E-state index contributed by atoms with van der Waals surface area (Å²) in [5.74, 6) is 0.462. The van der Waals surface area contributed by atoms with Crippen molar-refractivity contribution in [2.45, 2.75) is 26.7 Å². The van der Waals surface area contributed by atoms with Crippen LogP contribution in [-0.2, 0) is 5.88 Å². The van der Waals surface area contributed by atoms with Gasteiger partial charge in [0.2, 0.25) is 0 Å². The highest BCUT2D eigenvalue weighted by Gasteiger charge is 2.06. The van der Waals surface area contributed by atoms with Crippen LogP contribution in [-0.4, -0.2) is 4.98 Å². The Morgan fingerprint density at radius 3 is 2.41 bits per heavy atom. The van der Waals surface area contributed by atoms with E-state index in [-0.39, 0.29) is 0 Å². The van der Waals surface area contributed by atoms with Gasteiger partial charge in [-0.25, -0.2) is 4.98 Å². The predicted octanol–water partition coefficient (Wildman–Crippen LogP) is 4.55. The zero-order valence-corrected chi connectivity index (χ0v) is 11.7. The first kappa shape index (κ1) is 12.4. The van der Waals surface area contributed by atoms with Gasteiger partial charge in [0.15, 0.2) is 5.13 Å². The number of thiazole rings is 1. The van der Waals surface area contributed by atoms with Crippen molar-refractivity contribution >= 4 is 33.8 Å². The number of hydrogen-bond acceptors (Lipinski definition) is 3. The van der Waals surface area contributed by atoms with Gasteiger partial charge in [-0.1, -0.05) is 17.7 Å². The molecule has 0 saturated heterocycles. The van der Waals surface area contributed by atoms with Crippen molar-refractivity contribution in [3.8, 4) is 0 Å². The first-order chi connectivity index (χ1) is 8.10. The molecule has 0 radical (unpaired) electrons. The molecule has 0 aliphatic rings. The molecule has 1 heterocycles. The maximum atomic E-state index is 5.74. The van der Waals surface area contributed by atoms with Gasteiger partial charge in [0.1, 0.15) is 0 Å². The molecule has 90 valence electrons. The highest BCUT2D eigenvalue weighted by Crippen LogP contribution is 2.27. The Balaban J connectivity index is 2.29. The minimum atomic E-state index is 0.462. The summed E-state index contributed by atoms with van der Waals surface area (Å²) >= 11 is 7.33. The zero-order chi connectivity index (χ0) is 12.4. The van der Waals surface area contributed by atoms with E-state index in [0.29, 0.717) is 5.88 Å². The molecule has 0 atom stereocenters. The number of anilines is 2. The number of nitrogens with zero attached hydrogens (tertiary/aromatic N) is 1. The van der Waals surface area contributed by atoms with E-state index in [9.17, 15) is 0 Å². The van der Waals surface area contributed by atoms with E-state index >= 15 is 0 Å². The number of aromatic nitrogens is 1. The maximum absolute atomic E-state index is 5.74. The van der Waals surface area contributed by atoms with Gasteiger partial charge in [0.25, 0.3) is 0 Å². The average molecular weight is 267 g/mol. The highest BCUT2D eigenvalue weighted by atomic mass is 35.5. The van der Waals surface area contributed by atoms with Crippen LogP contribution in [0, 0.1) is 20.8 Å². The van der Waals surface area contributed by atoms with Gasteiger partial charge in [-0.15, -0.1) is 22.9 Å². The van der Waals surface area contributed by atoms with E-state index in [1.807, 2.05) is 5.38 Å². The van der Waals surface area contributed by atoms with Crippen molar-refractivity contribution in [1.82, 2.24) is 4.98 Å². The van der Waals surface area contributed by atoms with Crippen LogP contribution in [0.5, 0.6) is 0 Å². The lowest BCUT2D eigenvalue weighted by molar-refractivity contribution is 1.22. The molecule has 17 heavy (non-hydrogen) atoms. The number of rotatable bonds is 3. The second-order valence-electron chi connectivity index (χ2n) is 4.18. The molecule has 1 aromatic carbocycles. The Kier molecular flexibility index (Phi) is 3.69. The number of nitrogens with one attached hydrogen (secondary N) is 1. The van der Waals surface area contributed by atoms with Crippen LogP contribution in [0.2, 0.25) is 0 Å². The largest absolute Gasteiger partial charge is 0.331 e. The smallest absolute Gasteiger partial charge is 0.187 e. The first-order valence-corrected chi connectivity index (χ1v) is 6.87. The van der Waals surface area contributed by atoms with Crippen molar-refractivity contribution in [3.05, 3.63) is 39.9 Å². The van der Waals surface area contributed by atoms with Gasteiger partial charge in [-0.2, -0.15) is 0 Å². The summed E-state index contributed by atoms with van der Waals surface area (Å²) in [6, 6.07) is 4.34. The fraction of sp³-hybridized carbons (Fsp3) is 0.308. The molecule has 2 nitrogen and oxygen atoms in total. The Morgan fingerprint density at radius 1 is 1.24 bits per heavy atom.